The van der Waals surface area contributed by atoms with Gasteiger partial charge in [0.05, 0.1) is 12.5 Å². The number of carboxylic acids is 1. The number of hydrogen-bond acceptors (Lipinski definition) is 4. The topological polar surface area (TPSA) is 98.2 Å². The first kappa shape index (κ1) is 14.7. The van der Waals surface area contributed by atoms with Crippen LogP contribution in [-0.2, 0) is 15.0 Å². The first-order valence-electron chi connectivity index (χ1n) is 6.47. The standard InChI is InChI=1S/C11H20N2O5S/c1-12(5-4-11(15)16)19(17,18)13-8-2-3-9(13)7-10(14)6-8/h8-10,14H,2-7H2,1H3,(H,15,16). The van der Waals surface area contributed by atoms with Crippen LogP contribution in [0.25, 0.3) is 0 Å². The van der Waals surface area contributed by atoms with Crippen molar-refractivity contribution in [1.82, 2.24) is 8.61 Å². The molecule has 0 spiro atoms. The zero-order chi connectivity index (χ0) is 14.2. The van der Waals surface area contributed by atoms with Crippen LogP contribution in [0.1, 0.15) is 32.1 Å². The summed E-state index contributed by atoms with van der Waals surface area (Å²) in [6.07, 6.45) is 1.86. The van der Waals surface area contributed by atoms with Gasteiger partial charge in [-0.2, -0.15) is 17.0 Å². The minimum absolute atomic E-state index is 0.0316. The molecule has 2 N–H and O–H groups in total. The number of rotatable bonds is 5. The molecule has 0 saturated carbocycles. The van der Waals surface area contributed by atoms with Gasteiger partial charge in [-0.1, -0.05) is 0 Å². The van der Waals surface area contributed by atoms with E-state index in [2.05, 4.69) is 0 Å². The van der Waals surface area contributed by atoms with E-state index in [1.165, 1.54) is 11.4 Å². The smallest absolute Gasteiger partial charge is 0.304 e. The Bertz CT molecular complexity index is 438. The maximum atomic E-state index is 12.4. The molecular weight excluding hydrogens is 272 g/mol. The van der Waals surface area contributed by atoms with E-state index in [0.717, 1.165) is 17.1 Å². The number of fused-ring (bicyclic) bond motifs is 2. The van der Waals surface area contributed by atoms with Gasteiger partial charge < -0.3 is 10.2 Å². The lowest BCUT2D eigenvalue weighted by molar-refractivity contribution is -0.137. The van der Waals surface area contributed by atoms with Crippen molar-refractivity contribution in [2.45, 2.75) is 50.3 Å². The molecule has 2 heterocycles. The largest absolute Gasteiger partial charge is 0.481 e. The van der Waals surface area contributed by atoms with Gasteiger partial charge in [0, 0.05) is 25.7 Å². The molecule has 7 nitrogen and oxygen atoms in total. The summed E-state index contributed by atoms with van der Waals surface area (Å²) in [5.74, 6) is -1.01. The van der Waals surface area contributed by atoms with Crippen molar-refractivity contribution in [2.24, 2.45) is 0 Å². The fourth-order valence-corrected chi connectivity index (χ4v) is 4.79. The maximum Gasteiger partial charge on any atom is 0.304 e. The Morgan fingerprint density at radius 2 is 1.84 bits per heavy atom. The van der Waals surface area contributed by atoms with Crippen LogP contribution in [0.4, 0.5) is 0 Å². The Kier molecular flexibility index (Phi) is 4.14. The Hall–Kier alpha value is -0.700. The second kappa shape index (κ2) is 5.35. The van der Waals surface area contributed by atoms with E-state index in [1.807, 2.05) is 0 Å². The van der Waals surface area contributed by atoms with Gasteiger partial charge in [0.2, 0.25) is 0 Å². The summed E-state index contributed by atoms with van der Waals surface area (Å²) in [6, 6.07) is -0.294. The van der Waals surface area contributed by atoms with Crippen LogP contribution in [-0.4, -0.2) is 65.0 Å². The zero-order valence-electron chi connectivity index (χ0n) is 10.9. The molecular formula is C11H20N2O5S. The monoisotopic (exact) mass is 292 g/mol. The van der Waals surface area contributed by atoms with Crippen molar-refractivity contribution in [3.8, 4) is 0 Å². The van der Waals surface area contributed by atoms with Gasteiger partial charge in [-0.15, -0.1) is 0 Å². The van der Waals surface area contributed by atoms with Crippen LogP contribution in [0.3, 0.4) is 0 Å². The molecule has 0 aromatic carbocycles. The number of aliphatic hydroxyl groups is 1. The van der Waals surface area contributed by atoms with Gasteiger partial charge in [0.1, 0.15) is 0 Å². The van der Waals surface area contributed by atoms with E-state index in [4.69, 9.17) is 5.11 Å². The molecule has 0 aromatic heterocycles. The van der Waals surface area contributed by atoms with Crippen LogP contribution in [0, 0.1) is 0 Å². The van der Waals surface area contributed by atoms with Crippen LogP contribution in [0.5, 0.6) is 0 Å². The lowest BCUT2D eigenvalue weighted by Crippen LogP contribution is -2.52. The van der Waals surface area contributed by atoms with Gasteiger partial charge in [-0.3, -0.25) is 4.79 Å². The molecule has 2 saturated heterocycles. The van der Waals surface area contributed by atoms with Crippen LogP contribution >= 0.6 is 0 Å². The van der Waals surface area contributed by atoms with Gasteiger partial charge in [0.25, 0.3) is 10.2 Å². The number of piperidine rings is 1. The first-order chi connectivity index (χ1) is 8.82. The van der Waals surface area contributed by atoms with E-state index in [9.17, 15) is 18.3 Å². The highest BCUT2D eigenvalue weighted by molar-refractivity contribution is 7.86. The molecule has 2 bridgehead atoms. The zero-order valence-corrected chi connectivity index (χ0v) is 11.7. The lowest BCUT2D eigenvalue weighted by Gasteiger charge is -2.38. The summed E-state index contributed by atoms with van der Waals surface area (Å²) in [5.41, 5.74) is 0. The predicted molar refractivity (Wildman–Crippen MR) is 67.7 cm³/mol. The van der Waals surface area contributed by atoms with Crippen LogP contribution in [0.2, 0.25) is 0 Å². The second-order valence-electron chi connectivity index (χ2n) is 5.31. The average molecular weight is 292 g/mol. The normalized spacial score (nSPS) is 31.8. The molecule has 2 aliphatic rings. The lowest BCUT2D eigenvalue weighted by atomic mass is 10.0. The highest BCUT2D eigenvalue weighted by Crippen LogP contribution is 2.38. The molecule has 0 aliphatic carbocycles. The van der Waals surface area contributed by atoms with E-state index < -0.39 is 22.3 Å². The number of hydrogen-bond donors (Lipinski definition) is 2. The number of carboxylic acid groups (broad SMARTS) is 1. The van der Waals surface area contributed by atoms with E-state index in [1.54, 1.807) is 0 Å². The van der Waals surface area contributed by atoms with Crippen molar-refractivity contribution in [1.29, 1.82) is 0 Å². The third-order valence-corrected chi connectivity index (χ3v) is 6.04. The van der Waals surface area contributed by atoms with E-state index in [-0.39, 0.29) is 25.0 Å². The summed E-state index contributed by atoms with van der Waals surface area (Å²) in [4.78, 5) is 10.5. The minimum atomic E-state index is -3.62. The fourth-order valence-electron chi connectivity index (χ4n) is 3.01. The van der Waals surface area contributed by atoms with Crippen molar-refractivity contribution in [3.63, 3.8) is 0 Å². The molecule has 0 radical (unpaired) electrons. The van der Waals surface area contributed by atoms with E-state index >= 15 is 0 Å². The number of aliphatic carboxylic acids is 1. The van der Waals surface area contributed by atoms with Gasteiger partial charge in [-0.05, 0) is 25.7 Å². The molecule has 2 aliphatic heterocycles. The highest BCUT2D eigenvalue weighted by Gasteiger charge is 2.47. The van der Waals surface area contributed by atoms with Crippen molar-refractivity contribution >= 4 is 16.2 Å². The molecule has 8 heteroatoms. The molecule has 110 valence electrons. The van der Waals surface area contributed by atoms with Crippen LogP contribution in [0.15, 0.2) is 0 Å². The third kappa shape index (κ3) is 2.91. The SMILES string of the molecule is CN(CCC(=O)O)S(=O)(=O)N1C2CCC1CC(O)C2. The molecule has 0 aromatic rings. The Morgan fingerprint density at radius 3 is 2.32 bits per heavy atom. The summed E-state index contributed by atoms with van der Waals surface area (Å²) in [7, 11) is -2.22. The van der Waals surface area contributed by atoms with Gasteiger partial charge >= 0.3 is 5.97 Å². The number of carbonyl (C=O) groups is 1. The van der Waals surface area contributed by atoms with Gasteiger partial charge in [-0.25, -0.2) is 0 Å². The van der Waals surface area contributed by atoms with Crippen LogP contribution < -0.4 is 0 Å². The minimum Gasteiger partial charge on any atom is -0.481 e. The molecule has 2 unspecified atom stereocenters. The number of aliphatic hydroxyl groups excluding tert-OH is 1. The van der Waals surface area contributed by atoms with E-state index in [0.29, 0.717) is 12.8 Å². The summed E-state index contributed by atoms with van der Waals surface area (Å²) in [5, 5.41) is 18.3. The maximum absolute atomic E-state index is 12.4. The summed E-state index contributed by atoms with van der Waals surface area (Å²) in [6.45, 7) is -0.0316. The Balaban J connectivity index is 2.10. The average Bonchev–Trinajstić information content (AvgIpc) is 2.59. The predicted octanol–water partition coefficient (Wildman–Crippen LogP) is -0.375. The highest BCUT2D eigenvalue weighted by atomic mass is 32.2. The van der Waals surface area contributed by atoms with Crippen molar-refractivity contribution in [3.05, 3.63) is 0 Å². The molecule has 0 amide bonds. The Labute approximate surface area is 113 Å². The fraction of sp³-hybridized carbons (Fsp3) is 0.909. The molecule has 19 heavy (non-hydrogen) atoms. The Morgan fingerprint density at radius 1 is 1.32 bits per heavy atom. The summed E-state index contributed by atoms with van der Waals surface area (Å²) < 4.78 is 27.5. The molecule has 2 atom stereocenters. The van der Waals surface area contributed by atoms with Gasteiger partial charge in [0.15, 0.2) is 0 Å². The summed E-state index contributed by atoms with van der Waals surface area (Å²) >= 11 is 0. The van der Waals surface area contributed by atoms with Crippen molar-refractivity contribution < 1.29 is 23.4 Å². The van der Waals surface area contributed by atoms with Crippen molar-refractivity contribution in [2.75, 3.05) is 13.6 Å². The molecule has 2 fully saturated rings. The quantitative estimate of drug-likeness (QED) is 0.720. The second-order valence-corrected chi connectivity index (χ2v) is 7.25. The first-order valence-corrected chi connectivity index (χ1v) is 7.86. The molecule has 2 rings (SSSR count). The number of nitrogens with zero attached hydrogens (tertiary/aromatic N) is 2. The third-order valence-electron chi connectivity index (χ3n) is 3.94.